The fraction of sp³-hybridized carbons (Fsp3) is 0.500. The summed E-state index contributed by atoms with van der Waals surface area (Å²) in [6, 6.07) is 5.70. The van der Waals surface area contributed by atoms with Crippen molar-refractivity contribution in [3.63, 3.8) is 0 Å². The third-order valence-corrected chi connectivity index (χ3v) is 4.84. The minimum Gasteiger partial charge on any atom is -0.406 e. The number of ether oxygens (including phenoxy) is 1. The molecule has 0 amide bonds. The van der Waals surface area contributed by atoms with Gasteiger partial charge in [0.1, 0.15) is 5.75 Å². The first-order valence-corrected chi connectivity index (χ1v) is 7.78. The summed E-state index contributed by atoms with van der Waals surface area (Å²) in [5, 5.41) is 4.01. The molecule has 1 aliphatic carbocycles. The molecule has 0 radical (unpaired) electrons. The lowest BCUT2D eigenvalue weighted by Crippen LogP contribution is -2.21. The summed E-state index contributed by atoms with van der Waals surface area (Å²) in [5.74, 6) is 0.770. The van der Waals surface area contributed by atoms with Crippen LogP contribution in [0.3, 0.4) is 0 Å². The highest BCUT2D eigenvalue weighted by Gasteiger charge is 2.38. The molecular formula is C14H15F3N2OS. The first kappa shape index (κ1) is 14.6. The Hall–Kier alpha value is -1.37. The Labute approximate surface area is 125 Å². The van der Waals surface area contributed by atoms with Crippen molar-refractivity contribution in [1.29, 1.82) is 0 Å². The number of hydrogen-bond acceptors (Lipinski definition) is 4. The Morgan fingerprint density at radius 3 is 2.43 bits per heavy atom. The Morgan fingerprint density at radius 2 is 1.81 bits per heavy atom. The second-order valence-corrected chi connectivity index (χ2v) is 6.30. The van der Waals surface area contributed by atoms with Gasteiger partial charge in [-0.3, -0.25) is 4.99 Å². The molecule has 21 heavy (non-hydrogen) atoms. The topological polar surface area (TPSA) is 33.6 Å². The summed E-state index contributed by atoms with van der Waals surface area (Å²) in [6.45, 7) is 0. The third kappa shape index (κ3) is 3.64. The fourth-order valence-corrected chi connectivity index (χ4v) is 3.91. The van der Waals surface area contributed by atoms with Gasteiger partial charge in [0.15, 0.2) is 5.17 Å². The SMILES string of the molecule is FC(F)(F)Oc1ccc(NC2=NC3(CCCC3)CS2)cc1. The van der Waals surface area contributed by atoms with Crippen molar-refractivity contribution < 1.29 is 17.9 Å². The molecule has 114 valence electrons. The Bertz CT molecular complexity index is 536. The van der Waals surface area contributed by atoms with Gasteiger partial charge in [-0.1, -0.05) is 24.6 Å². The minimum absolute atomic E-state index is 0.0896. The number of aliphatic imine (C=N–C) groups is 1. The highest BCUT2D eigenvalue weighted by molar-refractivity contribution is 8.14. The molecule has 2 aliphatic rings. The summed E-state index contributed by atoms with van der Waals surface area (Å²) in [5.41, 5.74) is 0.803. The molecule has 1 aliphatic heterocycles. The van der Waals surface area contributed by atoms with Crippen LogP contribution in [0.2, 0.25) is 0 Å². The van der Waals surface area contributed by atoms with Gasteiger partial charge in [-0.25, -0.2) is 0 Å². The number of rotatable bonds is 2. The van der Waals surface area contributed by atoms with E-state index in [0.717, 1.165) is 23.8 Å². The van der Waals surface area contributed by atoms with Crippen LogP contribution in [0.4, 0.5) is 18.9 Å². The molecule has 1 spiro atoms. The quantitative estimate of drug-likeness (QED) is 0.877. The van der Waals surface area contributed by atoms with Crippen LogP contribution in [0.25, 0.3) is 0 Å². The zero-order valence-corrected chi connectivity index (χ0v) is 12.1. The van der Waals surface area contributed by atoms with E-state index in [1.165, 1.54) is 25.0 Å². The van der Waals surface area contributed by atoms with Crippen LogP contribution in [0.5, 0.6) is 5.75 Å². The molecule has 0 saturated heterocycles. The van der Waals surface area contributed by atoms with Gasteiger partial charge in [-0.15, -0.1) is 13.2 Å². The van der Waals surface area contributed by atoms with Gasteiger partial charge >= 0.3 is 6.36 Å². The molecule has 1 aromatic rings. The molecule has 1 heterocycles. The third-order valence-electron chi connectivity index (χ3n) is 3.69. The van der Waals surface area contributed by atoms with Crippen molar-refractivity contribution in [2.45, 2.75) is 37.6 Å². The summed E-state index contributed by atoms with van der Waals surface area (Å²) in [6.07, 6.45) is 0.0455. The van der Waals surface area contributed by atoms with Crippen molar-refractivity contribution >= 4 is 22.6 Å². The van der Waals surface area contributed by atoms with Crippen LogP contribution in [0.15, 0.2) is 29.3 Å². The molecule has 1 aromatic carbocycles. The van der Waals surface area contributed by atoms with Gasteiger partial charge in [0, 0.05) is 11.4 Å². The standard InChI is InChI=1S/C14H15F3N2OS/c15-14(16,17)20-11-5-3-10(4-6-11)18-12-19-13(9-21-12)7-1-2-8-13/h3-6H,1-2,7-9H2,(H,18,19). The van der Waals surface area contributed by atoms with Crippen molar-refractivity contribution in [3.05, 3.63) is 24.3 Å². The van der Waals surface area contributed by atoms with Crippen molar-refractivity contribution in [3.8, 4) is 5.75 Å². The molecule has 0 unspecified atom stereocenters. The molecule has 3 rings (SSSR count). The van der Waals surface area contributed by atoms with Crippen LogP contribution in [-0.2, 0) is 0 Å². The number of halogens is 3. The van der Waals surface area contributed by atoms with E-state index in [1.807, 2.05) is 0 Å². The predicted molar refractivity (Wildman–Crippen MR) is 77.8 cm³/mol. The van der Waals surface area contributed by atoms with E-state index >= 15 is 0 Å². The molecular weight excluding hydrogens is 301 g/mol. The molecule has 0 atom stereocenters. The van der Waals surface area contributed by atoms with Crippen molar-refractivity contribution in [2.75, 3.05) is 11.1 Å². The average Bonchev–Trinajstić information content (AvgIpc) is 3.01. The molecule has 7 heteroatoms. The number of nitrogens with zero attached hydrogens (tertiary/aromatic N) is 1. The average molecular weight is 316 g/mol. The molecule has 1 fully saturated rings. The first-order chi connectivity index (χ1) is 9.94. The maximum absolute atomic E-state index is 12.1. The summed E-state index contributed by atoms with van der Waals surface area (Å²) in [7, 11) is 0. The van der Waals surface area contributed by atoms with Crippen molar-refractivity contribution in [2.24, 2.45) is 4.99 Å². The van der Waals surface area contributed by atoms with E-state index in [-0.39, 0.29) is 11.3 Å². The number of benzene rings is 1. The van der Waals surface area contributed by atoms with E-state index in [1.54, 1.807) is 23.9 Å². The smallest absolute Gasteiger partial charge is 0.406 e. The number of hydrogen-bond donors (Lipinski definition) is 1. The molecule has 0 bridgehead atoms. The van der Waals surface area contributed by atoms with Crippen LogP contribution < -0.4 is 10.1 Å². The second-order valence-electron chi connectivity index (χ2n) is 5.33. The van der Waals surface area contributed by atoms with Gasteiger partial charge in [0.2, 0.25) is 0 Å². The second kappa shape index (κ2) is 5.44. The lowest BCUT2D eigenvalue weighted by Gasteiger charge is -2.16. The number of thioether (sulfide) groups is 1. The zero-order valence-electron chi connectivity index (χ0n) is 11.2. The van der Waals surface area contributed by atoms with Gasteiger partial charge < -0.3 is 10.1 Å². The monoisotopic (exact) mass is 316 g/mol. The Morgan fingerprint density at radius 1 is 1.14 bits per heavy atom. The molecule has 0 aromatic heterocycles. The zero-order chi connectivity index (χ0) is 14.9. The van der Waals surface area contributed by atoms with Crippen LogP contribution in [0, 0.1) is 0 Å². The Balaban J connectivity index is 1.63. The lowest BCUT2D eigenvalue weighted by molar-refractivity contribution is -0.274. The normalized spacial score (nSPS) is 20.6. The van der Waals surface area contributed by atoms with Gasteiger partial charge in [-0.05, 0) is 37.1 Å². The molecule has 1 saturated carbocycles. The Kier molecular flexibility index (Phi) is 3.77. The summed E-state index contributed by atoms with van der Waals surface area (Å²) < 4.78 is 40.1. The predicted octanol–water partition coefficient (Wildman–Crippen LogP) is 4.41. The van der Waals surface area contributed by atoms with E-state index in [2.05, 4.69) is 10.1 Å². The van der Waals surface area contributed by atoms with Crippen LogP contribution >= 0.6 is 11.8 Å². The van der Waals surface area contributed by atoms with E-state index in [4.69, 9.17) is 4.99 Å². The van der Waals surface area contributed by atoms with Crippen LogP contribution in [0.1, 0.15) is 25.7 Å². The number of alkyl halides is 3. The number of anilines is 1. The number of nitrogens with one attached hydrogen (secondary N) is 1. The number of amidine groups is 1. The van der Waals surface area contributed by atoms with Gasteiger partial charge in [0.05, 0.1) is 5.54 Å². The van der Waals surface area contributed by atoms with Crippen molar-refractivity contribution in [1.82, 2.24) is 0 Å². The highest BCUT2D eigenvalue weighted by atomic mass is 32.2. The van der Waals surface area contributed by atoms with E-state index in [0.29, 0.717) is 5.69 Å². The maximum Gasteiger partial charge on any atom is 0.573 e. The molecule has 3 nitrogen and oxygen atoms in total. The summed E-state index contributed by atoms with van der Waals surface area (Å²) >= 11 is 1.68. The first-order valence-electron chi connectivity index (χ1n) is 6.80. The maximum atomic E-state index is 12.1. The molecule has 1 N–H and O–H groups in total. The van der Waals surface area contributed by atoms with E-state index in [9.17, 15) is 13.2 Å². The van der Waals surface area contributed by atoms with Gasteiger partial charge in [-0.2, -0.15) is 0 Å². The highest BCUT2D eigenvalue weighted by Crippen LogP contribution is 2.41. The lowest BCUT2D eigenvalue weighted by atomic mass is 10.0. The minimum atomic E-state index is -4.66. The van der Waals surface area contributed by atoms with Gasteiger partial charge in [0.25, 0.3) is 0 Å². The largest absolute Gasteiger partial charge is 0.573 e. The fourth-order valence-electron chi connectivity index (χ4n) is 2.70. The summed E-state index contributed by atoms with van der Waals surface area (Å²) in [4.78, 5) is 4.75. The van der Waals surface area contributed by atoms with Crippen LogP contribution in [-0.4, -0.2) is 22.8 Å². The van der Waals surface area contributed by atoms with E-state index < -0.39 is 6.36 Å².